The number of Topliss-reactive ketones (excluding diaryl/α,β-unsaturated/α-hetero) is 1. The van der Waals surface area contributed by atoms with Crippen molar-refractivity contribution in [3.63, 3.8) is 0 Å². The van der Waals surface area contributed by atoms with Gasteiger partial charge < -0.3 is 9.47 Å². The first-order chi connectivity index (χ1) is 15.6. The van der Waals surface area contributed by atoms with Crippen LogP contribution in [0.25, 0.3) is 0 Å². The number of benzene rings is 3. The number of esters is 1. The molecule has 0 heterocycles. The quantitative estimate of drug-likeness (QED) is 0.344. The summed E-state index contributed by atoms with van der Waals surface area (Å²) in [5, 5.41) is -0.0442. The number of halogens is 2. The van der Waals surface area contributed by atoms with E-state index in [1.165, 1.54) is 44.5 Å². The molecule has 0 amide bonds. The average molecular weight is 492 g/mol. The van der Waals surface area contributed by atoms with E-state index in [0.29, 0.717) is 5.75 Å². The number of ether oxygens (including phenoxy) is 2. The Labute approximate surface area is 195 Å². The summed E-state index contributed by atoms with van der Waals surface area (Å²) in [4.78, 5) is 24.7. The third kappa shape index (κ3) is 5.50. The number of anilines is 1. The minimum absolute atomic E-state index is 0.0442. The molecule has 3 rings (SSSR count). The Hall–Kier alpha value is -3.43. The van der Waals surface area contributed by atoms with Crippen molar-refractivity contribution in [1.82, 2.24) is 0 Å². The second-order valence-corrected chi connectivity index (χ2v) is 9.20. The number of hydrogen-bond donors (Lipinski definition) is 0. The fraction of sp³-hybridized carbons (Fsp3) is 0.130. The van der Waals surface area contributed by atoms with Gasteiger partial charge in [0.25, 0.3) is 10.0 Å². The Morgan fingerprint density at radius 1 is 1.03 bits per heavy atom. The summed E-state index contributed by atoms with van der Waals surface area (Å²) in [6, 6.07) is 14.8. The molecule has 0 atom stereocenters. The number of carbonyl (C=O) groups excluding carboxylic acids is 2. The van der Waals surface area contributed by atoms with Gasteiger partial charge in [0.05, 0.1) is 28.3 Å². The second kappa shape index (κ2) is 10.0. The van der Waals surface area contributed by atoms with Gasteiger partial charge in [-0.05, 0) is 54.6 Å². The third-order valence-corrected chi connectivity index (χ3v) is 6.84. The van der Waals surface area contributed by atoms with Crippen LogP contribution in [0.1, 0.15) is 20.7 Å². The van der Waals surface area contributed by atoms with Gasteiger partial charge in [-0.15, -0.1) is 0 Å². The summed E-state index contributed by atoms with van der Waals surface area (Å²) < 4.78 is 50.2. The summed E-state index contributed by atoms with van der Waals surface area (Å²) in [6.07, 6.45) is 0. The molecule has 33 heavy (non-hydrogen) atoms. The fourth-order valence-corrected chi connectivity index (χ4v) is 4.27. The SMILES string of the molecule is COc1cccc(C(=O)COC(=O)c2cc(S(=O)(=O)N(C)c3ccc(F)cc3)ccc2Cl)c1. The van der Waals surface area contributed by atoms with E-state index in [2.05, 4.69) is 0 Å². The number of rotatable bonds is 8. The molecule has 0 aromatic heterocycles. The molecule has 172 valence electrons. The van der Waals surface area contributed by atoms with Crippen LogP contribution in [0, 0.1) is 5.82 Å². The van der Waals surface area contributed by atoms with E-state index < -0.39 is 34.2 Å². The van der Waals surface area contributed by atoms with E-state index in [9.17, 15) is 22.4 Å². The normalized spacial score (nSPS) is 11.0. The standard InChI is InChI=1S/C23H19ClFNO6S/c1-26(17-8-6-16(25)7-9-17)33(29,30)19-10-11-21(24)20(13-19)23(28)32-14-22(27)15-4-3-5-18(12-15)31-2/h3-13H,14H2,1-2H3. The molecule has 0 radical (unpaired) electrons. The van der Waals surface area contributed by atoms with Crippen LogP contribution in [-0.4, -0.2) is 40.9 Å². The zero-order valence-electron chi connectivity index (χ0n) is 17.6. The lowest BCUT2D eigenvalue weighted by Gasteiger charge is -2.20. The van der Waals surface area contributed by atoms with E-state index in [-0.39, 0.29) is 26.7 Å². The maximum atomic E-state index is 13.2. The molecule has 0 aliphatic rings. The van der Waals surface area contributed by atoms with Gasteiger partial charge >= 0.3 is 5.97 Å². The largest absolute Gasteiger partial charge is 0.497 e. The van der Waals surface area contributed by atoms with Crippen LogP contribution in [0.3, 0.4) is 0 Å². The van der Waals surface area contributed by atoms with Crippen molar-refractivity contribution >= 4 is 39.1 Å². The summed E-state index contributed by atoms with van der Waals surface area (Å²) in [5.41, 5.74) is 0.286. The topological polar surface area (TPSA) is 90.0 Å². The van der Waals surface area contributed by atoms with Gasteiger partial charge in [0.15, 0.2) is 12.4 Å². The zero-order valence-corrected chi connectivity index (χ0v) is 19.2. The van der Waals surface area contributed by atoms with Crippen molar-refractivity contribution < 1.29 is 31.9 Å². The van der Waals surface area contributed by atoms with Crippen LogP contribution >= 0.6 is 11.6 Å². The highest BCUT2D eigenvalue weighted by Crippen LogP contribution is 2.26. The van der Waals surface area contributed by atoms with Gasteiger partial charge in [-0.1, -0.05) is 23.7 Å². The van der Waals surface area contributed by atoms with E-state index in [1.807, 2.05) is 0 Å². The Morgan fingerprint density at radius 3 is 2.39 bits per heavy atom. The number of hydrogen-bond acceptors (Lipinski definition) is 6. The van der Waals surface area contributed by atoms with Gasteiger partial charge in [-0.2, -0.15) is 0 Å². The van der Waals surface area contributed by atoms with Crippen LogP contribution in [0.15, 0.2) is 71.6 Å². The van der Waals surface area contributed by atoms with Gasteiger partial charge in [0.1, 0.15) is 11.6 Å². The van der Waals surface area contributed by atoms with Crippen molar-refractivity contribution in [1.29, 1.82) is 0 Å². The first-order valence-corrected chi connectivity index (χ1v) is 11.3. The first-order valence-electron chi connectivity index (χ1n) is 9.52. The average Bonchev–Trinajstić information content (AvgIpc) is 2.82. The van der Waals surface area contributed by atoms with Crippen molar-refractivity contribution in [3.8, 4) is 5.75 Å². The Kier molecular flexibility index (Phi) is 7.35. The highest BCUT2D eigenvalue weighted by Gasteiger charge is 2.24. The smallest absolute Gasteiger partial charge is 0.340 e. The molecule has 0 aliphatic heterocycles. The van der Waals surface area contributed by atoms with E-state index in [1.54, 1.807) is 18.2 Å². The molecule has 0 unspecified atom stereocenters. The molecule has 7 nitrogen and oxygen atoms in total. The molecule has 0 N–H and O–H groups in total. The molecule has 0 saturated heterocycles. The monoisotopic (exact) mass is 491 g/mol. The molecular weight excluding hydrogens is 473 g/mol. The Bertz CT molecular complexity index is 1290. The Balaban J connectivity index is 1.79. The lowest BCUT2D eigenvalue weighted by Crippen LogP contribution is -2.26. The minimum Gasteiger partial charge on any atom is -0.497 e. The predicted molar refractivity (Wildman–Crippen MR) is 121 cm³/mol. The highest BCUT2D eigenvalue weighted by atomic mass is 35.5. The maximum absolute atomic E-state index is 13.2. The summed E-state index contributed by atoms with van der Waals surface area (Å²) in [5.74, 6) is -1.47. The first kappa shape index (κ1) is 24.2. The van der Waals surface area contributed by atoms with Crippen molar-refractivity contribution in [2.45, 2.75) is 4.90 Å². The molecule has 3 aromatic rings. The molecule has 0 bridgehead atoms. The van der Waals surface area contributed by atoms with Gasteiger partial charge in [-0.3, -0.25) is 9.10 Å². The number of sulfonamides is 1. The molecule has 0 spiro atoms. The van der Waals surface area contributed by atoms with Crippen LogP contribution in [0.2, 0.25) is 5.02 Å². The highest BCUT2D eigenvalue weighted by molar-refractivity contribution is 7.92. The predicted octanol–water partition coefficient (Wildman–Crippen LogP) is 4.35. The van der Waals surface area contributed by atoms with E-state index in [4.69, 9.17) is 21.1 Å². The number of methoxy groups -OCH3 is 1. The maximum Gasteiger partial charge on any atom is 0.340 e. The van der Waals surface area contributed by atoms with Crippen molar-refractivity contribution in [2.75, 3.05) is 25.1 Å². The van der Waals surface area contributed by atoms with Crippen LogP contribution in [-0.2, 0) is 14.8 Å². The third-order valence-electron chi connectivity index (χ3n) is 4.73. The molecule has 10 heteroatoms. The number of ketones is 1. The Morgan fingerprint density at radius 2 is 1.73 bits per heavy atom. The van der Waals surface area contributed by atoms with Crippen molar-refractivity contribution in [2.24, 2.45) is 0 Å². The number of carbonyl (C=O) groups is 2. The lowest BCUT2D eigenvalue weighted by atomic mass is 10.1. The van der Waals surface area contributed by atoms with Crippen LogP contribution < -0.4 is 9.04 Å². The fourth-order valence-electron chi connectivity index (χ4n) is 2.86. The molecule has 0 aliphatic carbocycles. The summed E-state index contributed by atoms with van der Waals surface area (Å²) in [7, 11) is -1.34. The van der Waals surface area contributed by atoms with Crippen LogP contribution in [0.5, 0.6) is 5.75 Å². The second-order valence-electron chi connectivity index (χ2n) is 6.82. The van der Waals surface area contributed by atoms with Crippen molar-refractivity contribution in [3.05, 3.63) is 88.7 Å². The molecular formula is C23H19ClFNO6S. The molecule has 0 fully saturated rings. The van der Waals surface area contributed by atoms with Gasteiger partial charge in [0.2, 0.25) is 0 Å². The lowest BCUT2D eigenvalue weighted by molar-refractivity contribution is 0.0474. The summed E-state index contributed by atoms with van der Waals surface area (Å²) >= 11 is 6.07. The van der Waals surface area contributed by atoms with E-state index >= 15 is 0 Å². The van der Waals surface area contributed by atoms with E-state index in [0.717, 1.165) is 22.5 Å². The summed E-state index contributed by atoms with van der Waals surface area (Å²) in [6.45, 7) is -0.575. The minimum atomic E-state index is -4.10. The van der Waals surface area contributed by atoms with Crippen LogP contribution in [0.4, 0.5) is 10.1 Å². The molecule has 3 aromatic carbocycles. The molecule has 0 saturated carbocycles. The zero-order chi connectivity index (χ0) is 24.2. The van der Waals surface area contributed by atoms with Gasteiger partial charge in [0, 0.05) is 12.6 Å². The van der Waals surface area contributed by atoms with Gasteiger partial charge in [-0.25, -0.2) is 17.6 Å². The number of nitrogens with zero attached hydrogens (tertiary/aromatic N) is 1.